The van der Waals surface area contributed by atoms with Crippen molar-refractivity contribution in [2.45, 2.75) is 33.1 Å². The van der Waals surface area contributed by atoms with Gasteiger partial charge < -0.3 is 9.80 Å². The number of anilines is 1. The predicted molar refractivity (Wildman–Crippen MR) is 132 cm³/mol. The van der Waals surface area contributed by atoms with Gasteiger partial charge in [-0.3, -0.25) is 4.79 Å². The molecule has 1 aliphatic heterocycles. The van der Waals surface area contributed by atoms with Crippen LogP contribution in [0.4, 0.5) is 10.2 Å². The van der Waals surface area contributed by atoms with Gasteiger partial charge in [-0.25, -0.2) is 19.0 Å². The van der Waals surface area contributed by atoms with Gasteiger partial charge in [0.05, 0.1) is 21.6 Å². The fourth-order valence-corrected chi connectivity index (χ4v) is 5.11. The first kappa shape index (κ1) is 22.5. The number of aromatic nitrogens is 4. The fourth-order valence-electron chi connectivity index (χ4n) is 4.42. The van der Waals surface area contributed by atoms with Crippen LogP contribution in [0.2, 0.25) is 0 Å². The van der Waals surface area contributed by atoms with E-state index in [4.69, 9.17) is 15.1 Å². The number of aryl methyl sites for hydroxylation is 2. The third-order valence-corrected chi connectivity index (χ3v) is 6.95. The van der Waals surface area contributed by atoms with E-state index >= 15 is 0 Å². The number of rotatable bonds is 5. The number of thiophene rings is 1. The Morgan fingerprint density at radius 3 is 2.65 bits per heavy atom. The number of hydrogen-bond acceptors (Lipinski definition) is 6. The van der Waals surface area contributed by atoms with E-state index in [2.05, 4.69) is 11.8 Å². The molecule has 5 rings (SSSR count). The lowest BCUT2D eigenvalue weighted by Crippen LogP contribution is -2.35. The van der Waals surface area contributed by atoms with Crippen LogP contribution in [0.1, 0.15) is 41.0 Å². The molecule has 4 heterocycles. The van der Waals surface area contributed by atoms with Crippen molar-refractivity contribution < 1.29 is 9.18 Å². The molecule has 34 heavy (non-hydrogen) atoms. The largest absolute Gasteiger partial charge is 0.354 e. The van der Waals surface area contributed by atoms with Crippen molar-refractivity contribution in [3.8, 4) is 5.69 Å². The summed E-state index contributed by atoms with van der Waals surface area (Å²) in [7, 11) is 0. The molecular formula is C25H27FN6OS. The summed E-state index contributed by atoms with van der Waals surface area (Å²) in [5.41, 5.74) is 2.32. The molecule has 0 N–H and O–H groups in total. The van der Waals surface area contributed by atoms with E-state index in [0.29, 0.717) is 13.1 Å². The number of halogens is 1. The maximum atomic E-state index is 13.5. The molecule has 4 aromatic rings. The highest BCUT2D eigenvalue weighted by molar-refractivity contribution is 7.12. The van der Waals surface area contributed by atoms with E-state index in [-0.39, 0.29) is 11.7 Å². The second kappa shape index (κ2) is 9.50. The smallest absolute Gasteiger partial charge is 0.263 e. The van der Waals surface area contributed by atoms with Gasteiger partial charge in [-0.15, -0.1) is 11.3 Å². The molecule has 0 unspecified atom stereocenters. The number of amides is 1. The van der Waals surface area contributed by atoms with Gasteiger partial charge in [-0.1, -0.05) is 13.0 Å². The van der Waals surface area contributed by atoms with Gasteiger partial charge in [-0.05, 0) is 55.5 Å². The van der Waals surface area contributed by atoms with E-state index in [1.54, 1.807) is 16.8 Å². The first-order valence-corrected chi connectivity index (χ1v) is 12.5. The minimum atomic E-state index is -0.287. The molecule has 1 fully saturated rings. The van der Waals surface area contributed by atoms with Crippen LogP contribution in [0.3, 0.4) is 0 Å². The van der Waals surface area contributed by atoms with E-state index in [1.165, 1.54) is 23.5 Å². The molecule has 1 aliphatic rings. The third-order valence-electron chi connectivity index (χ3n) is 6.09. The summed E-state index contributed by atoms with van der Waals surface area (Å²) >= 11 is 1.48. The standard InChI is InChI=1S/C25H27FN6OS/c1-3-6-21-27-23(30-12-5-13-31(15-14-30)25(33)20-7-4-16-34-20)22-17(2)29-32(24(22)28-21)19-10-8-18(26)9-11-19/h4,7-11,16H,3,5-6,12-15H2,1-2H3. The molecule has 7 nitrogen and oxygen atoms in total. The second-order valence-corrected chi connectivity index (χ2v) is 9.44. The summed E-state index contributed by atoms with van der Waals surface area (Å²) in [6.45, 7) is 6.91. The number of carbonyl (C=O) groups is 1. The van der Waals surface area contributed by atoms with Crippen molar-refractivity contribution in [3.63, 3.8) is 0 Å². The highest BCUT2D eigenvalue weighted by atomic mass is 32.1. The van der Waals surface area contributed by atoms with Crippen molar-refractivity contribution in [1.29, 1.82) is 0 Å². The maximum absolute atomic E-state index is 13.5. The zero-order valence-corrected chi connectivity index (χ0v) is 20.2. The Kier molecular flexibility index (Phi) is 6.28. The number of fused-ring (bicyclic) bond motifs is 1. The van der Waals surface area contributed by atoms with Crippen LogP contribution in [0.15, 0.2) is 41.8 Å². The molecule has 1 aromatic carbocycles. The quantitative estimate of drug-likeness (QED) is 0.418. The molecule has 0 bridgehead atoms. The van der Waals surface area contributed by atoms with Crippen LogP contribution < -0.4 is 4.90 Å². The highest BCUT2D eigenvalue weighted by Crippen LogP contribution is 2.30. The summed E-state index contributed by atoms with van der Waals surface area (Å²) in [5, 5.41) is 7.59. The van der Waals surface area contributed by atoms with Crippen LogP contribution in [0.5, 0.6) is 0 Å². The number of nitrogens with zero attached hydrogens (tertiary/aromatic N) is 6. The SMILES string of the molecule is CCCc1nc(N2CCCN(C(=O)c3cccs3)CC2)c2c(C)nn(-c3ccc(F)cc3)c2n1. The maximum Gasteiger partial charge on any atom is 0.263 e. The summed E-state index contributed by atoms with van der Waals surface area (Å²) in [6.07, 6.45) is 2.54. The molecule has 0 aliphatic carbocycles. The minimum Gasteiger partial charge on any atom is -0.354 e. The first-order chi connectivity index (χ1) is 16.5. The van der Waals surface area contributed by atoms with Crippen LogP contribution >= 0.6 is 11.3 Å². The first-order valence-electron chi connectivity index (χ1n) is 11.6. The lowest BCUT2D eigenvalue weighted by Gasteiger charge is -2.24. The zero-order chi connectivity index (χ0) is 23.7. The minimum absolute atomic E-state index is 0.0941. The van der Waals surface area contributed by atoms with Gasteiger partial charge in [-0.2, -0.15) is 5.10 Å². The average Bonchev–Trinajstić information content (AvgIpc) is 3.41. The van der Waals surface area contributed by atoms with Crippen LogP contribution in [0, 0.1) is 12.7 Å². The zero-order valence-electron chi connectivity index (χ0n) is 19.4. The Morgan fingerprint density at radius 2 is 1.91 bits per heavy atom. The van der Waals surface area contributed by atoms with Gasteiger partial charge in [0.25, 0.3) is 5.91 Å². The molecule has 0 radical (unpaired) electrons. The molecule has 0 spiro atoms. The Labute approximate surface area is 201 Å². The molecule has 0 saturated carbocycles. The van der Waals surface area contributed by atoms with Gasteiger partial charge in [0, 0.05) is 32.6 Å². The van der Waals surface area contributed by atoms with Crippen molar-refractivity contribution in [1.82, 2.24) is 24.6 Å². The van der Waals surface area contributed by atoms with Crippen LogP contribution in [-0.4, -0.2) is 56.7 Å². The van der Waals surface area contributed by atoms with E-state index in [9.17, 15) is 9.18 Å². The molecule has 1 saturated heterocycles. The lowest BCUT2D eigenvalue weighted by molar-refractivity contribution is 0.0772. The number of hydrogen-bond donors (Lipinski definition) is 0. The summed E-state index contributed by atoms with van der Waals surface area (Å²) in [4.78, 5) is 27.7. The number of benzene rings is 1. The van der Waals surface area contributed by atoms with E-state index in [0.717, 1.165) is 71.3 Å². The molecule has 0 atom stereocenters. The van der Waals surface area contributed by atoms with Gasteiger partial charge in [0.15, 0.2) is 5.65 Å². The van der Waals surface area contributed by atoms with E-state index in [1.807, 2.05) is 29.3 Å². The fraction of sp³-hybridized carbons (Fsp3) is 0.360. The van der Waals surface area contributed by atoms with E-state index < -0.39 is 0 Å². The average molecular weight is 479 g/mol. The summed E-state index contributed by atoms with van der Waals surface area (Å²) < 4.78 is 15.3. The Balaban J connectivity index is 1.52. The number of carbonyl (C=O) groups excluding carboxylic acids is 1. The molecule has 176 valence electrons. The van der Waals surface area contributed by atoms with Crippen molar-refractivity contribution in [2.75, 3.05) is 31.1 Å². The summed E-state index contributed by atoms with van der Waals surface area (Å²) in [5.74, 6) is 1.44. The second-order valence-electron chi connectivity index (χ2n) is 8.50. The van der Waals surface area contributed by atoms with Crippen molar-refractivity contribution in [2.24, 2.45) is 0 Å². The third kappa shape index (κ3) is 4.27. The molecule has 9 heteroatoms. The normalized spacial score (nSPS) is 14.6. The molecule has 1 amide bonds. The lowest BCUT2D eigenvalue weighted by atomic mass is 10.2. The van der Waals surface area contributed by atoms with Gasteiger partial charge in [0.2, 0.25) is 0 Å². The van der Waals surface area contributed by atoms with Gasteiger partial charge in [0.1, 0.15) is 17.5 Å². The topological polar surface area (TPSA) is 67.2 Å². The Bertz CT molecular complexity index is 1300. The highest BCUT2D eigenvalue weighted by Gasteiger charge is 2.25. The predicted octanol–water partition coefficient (Wildman–Crippen LogP) is 4.63. The van der Waals surface area contributed by atoms with Gasteiger partial charge >= 0.3 is 0 Å². The Hall–Kier alpha value is -3.33. The van der Waals surface area contributed by atoms with Crippen molar-refractivity contribution >= 4 is 34.1 Å². The Morgan fingerprint density at radius 1 is 1.09 bits per heavy atom. The van der Waals surface area contributed by atoms with Crippen LogP contribution in [0.25, 0.3) is 16.7 Å². The van der Waals surface area contributed by atoms with Crippen LogP contribution in [-0.2, 0) is 6.42 Å². The molecular weight excluding hydrogens is 451 g/mol. The molecule has 3 aromatic heterocycles. The van der Waals surface area contributed by atoms with Crippen molar-refractivity contribution in [3.05, 3.63) is 64.0 Å². The summed E-state index contributed by atoms with van der Waals surface area (Å²) in [6, 6.07) is 10.1. The monoisotopic (exact) mass is 478 g/mol.